The van der Waals surface area contributed by atoms with E-state index in [4.69, 9.17) is 9.72 Å². The van der Waals surface area contributed by atoms with Gasteiger partial charge in [-0.3, -0.25) is 0 Å². The summed E-state index contributed by atoms with van der Waals surface area (Å²) in [6, 6.07) is 17.2. The Labute approximate surface area is 155 Å². The van der Waals surface area contributed by atoms with Gasteiger partial charge in [-0.15, -0.1) is 0 Å². The number of pyridine rings is 1. The van der Waals surface area contributed by atoms with Crippen molar-refractivity contribution < 1.29 is 4.74 Å². The van der Waals surface area contributed by atoms with E-state index < -0.39 is 0 Å². The molecule has 1 N–H and O–H groups in total. The average molecular weight is 395 g/mol. The second kappa shape index (κ2) is 5.21. The highest BCUT2D eigenvalue weighted by Crippen LogP contribution is 2.52. The summed E-state index contributed by atoms with van der Waals surface area (Å²) in [5.74, 6) is 1.12. The van der Waals surface area contributed by atoms with E-state index in [1.807, 2.05) is 12.1 Å². The Kier molecular flexibility index (Phi) is 3.17. The molecule has 126 valence electrons. The second-order valence-electron chi connectivity index (χ2n) is 7.53. The normalized spacial score (nSPS) is 23.0. The van der Waals surface area contributed by atoms with Crippen LogP contribution >= 0.6 is 15.9 Å². The maximum absolute atomic E-state index is 6.12. The van der Waals surface area contributed by atoms with E-state index in [1.165, 1.54) is 11.3 Å². The highest BCUT2D eigenvalue weighted by atomic mass is 79.9. The summed E-state index contributed by atoms with van der Waals surface area (Å²) in [6.07, 6.45) is 0. The lowest BCUT2D eigenvalue weighted by Crippen LogP contribution is -2.46. The molecule has 0 saturated carbocycles. The molecule has 0 fully saturated rings. The molecule has 5 rings (SSSR count). The highest BCUT2D eigenvalue weighted by molar-refractivity contribution is 9.10. The summed E-state index contributed by atoms with van der Waals surface area (Å²) < 4.78 is 7.23. The van der Waals surface area contributed by atoms with Gasteiger partial charge in [-0.2, -0.15) is 0 Å². The summed E-state index contributed by atoms with van der Waals surface area (Å²) in [5, 5.41) is 4.92. The first-order valence-corrected chi connectivity index (χ1v) is 9.42. The zero-order valence-corrected chi connectivity index (χ0v) is 15.8. The molecule has 1 aromatic heterocycles. The van der Waals surface area contributed by atoms with Crippen molar-refractivity contribution in [2.45, 2.75) is 25.3 Å². The van der Waals surface area contributed by atoms with Crippen molar-refractivity contribution >= 4 is 32.5 Å². The Morgan fingerprint density at radius 2 is 2.00 bits per heavy atom. The fourth-order valence-corrected chi connectivity index (χ4v) is 4.64. The molecular weight excluding hydrogens is 376 g/mol. The van der Waals surface area contributed by atoms with E-state index in [-0.39, 0.29) is 11.5 Å². The molecule has 3 heterocycles. The Bertz CT molecular complexity index is 998. The molecule has 0 amide bonds. The molecule has 2 aliphatic heterocycles. The van der Waals surface area contributed by atoms with Crippen molar-refractivity contribution in [2.24, 2.45) is 5.92 Å². The van der Waals surface area contributed by atoms with Crippen LogP contribution in [0, 0.1) is 5.92 Å². The van der Waals surface area contributed by atoms with E-state index in [0.29, 0.717) is 12.5 Å². The second-order valence-corrected chi connectivity index (χ2v) is 8.44. The van der Waals surface area contributed by atoms with Crippen LogP contribution in [0.3, 0.4) is 0 Å². The molecule has 0 saturated heterocycles. The van der Waals surface area contributed by atoms with Crippen molar-refractivity contribution in [3.63, 3.8) is 0 Å². The number of halogens is 1. The van der Waals surface area contributed by atoms with Gasteiger partial charge in [-0.05, 0) is 35.9 Å². The van der Waals surface area contributed by atoms with Gasteiger partial charge < -0.3 is 10.1 Å². The molecule has 0 bridgehead atoms. The SMILES string of the molecule is CC1(C)c2cc(Br)ccc2N[C@@H]2c3cc4ccccc4nc3OC[C@H]21. The monoisotopic (exact) mass is 394 g/mol. The fourth-order valence-electron chi connectivity index (χ4n) is 4.28. The maximum atomic E-state index is 6.12. The van der Waals surface area contributed by atoms with Gasteiger partial charge in [0.25, 0.3) is 0 Å². The summed E-state index contributed by atoms with van der Waals surface area (Å²) in [4.78, 5) is 4.75. The number of aromatic nitrogens is 1. The smallest absolute Gasteiger partial charge is 0.219 e. The summed E-state index contributed by atoms with van der Waals surface area (Å²) >= 11 is 3.61. The molecule has 0 unspecified atom stereocenters. The van der Waals surface area contributed by atoms with Gasteiger partial charge in [-0.1, -0.05) is 48.0 Å². The Hall–Kier alpha value is -2.07. The van der Waals surface area contributed by atoms with Crippen molar-refractivity contribution in [1.82, 2.24) is 4.98 Å². The van der Waals surface area contributed by atoms with Crippen molar-refractivity contribution in [3.05, 3.63) is 64.1 Å². The van der Waals surface area contributed by atoms with Crippen molar-refractivity contribution in [1.29, 1.82) is 0 Å². The number of fused-ring (bicyclic) bond motifs is 5. The number of hydrogen-bond acceptors (Lipinski definition) is 3. The third-order valence-corrected chi connectivity index (χ3v) is 6.26. The minimum atomic E-state index is 0.0123. The summed E-state index contributed by atoms with van der Waals surface area (Å²) in [7, 11) is 0. The number of anilines is 1. The minimum absolute atomic E-state index is 0.0123. The minimum Gasteiger partial charge on any atom is -0.477 e. The third kappa shape index (κ3) is 2.20. The molecule has 2 aliphatic rings. The number of hydrogen-bond donors (Lipinski definition) is 1. The van der Waals surface area contributed by atoms with Crippen LogP contribution in [0.5, 0.6) is 5.88 Å². The first-order chi connectivity index (χ1) is 12.0. The van der Waals surface area contributed by atoms with Gasteiger partial charge >= 0.3 is 0 Å². The van der Waals surface area contributed by atoms with Crippen LogP contribution in [0.25, 0.3) is 10.9 Å². The molecule has 4 heteroatoms. The lowest BCUT2D eigenvalue weighted by atomic mass is 9.65. The Balaban J connectivity index is 1.69. The van der Waals surface area contributed by atoms with Gasteiger partial charge in [0.05, 0.1) is 18.2 Å². The molecule has 25 heavy (non-hydrogen) atoms. The maximum Gasteiger partial charge on any atom is 0.219 e. The van der Waals surface area contributed by atoms with Crippen LogP contribution < -0.4 is 10.1 Å². The number of nitrogens with one attached hydrogen (secondary N) is 1. The zero-order valence-electron chi connectivity index (χ0n) is 14.2. The van der Waals surface area contributed by atoms with E-state index in [2.05, 4.69) is 71.5 Å². The van der Waals surface area contributed by atoms with Crippen LogP contribution in [0.15, 0.2) is 53.0 Å². The standard InChI is InChI=1S/C21H19BrN2O/c1-21(2)15-10-13(22)7-8-18(15)23-19-14-9-12-5-3-4-6-17(12)24-20(14)25-11-16(19)21/h3-10,16,19,23H,11H2,1-2H3/t16-,19-/m1/s1. The van der Waals surface area contributed by atoms with E-state index in [1.54, 1.807) is 0 Å². The van der Waals surface area contributed by atoms with Crippen LogP contribution in [-0.4, -0.2) is 11.6 Å². The van der Waals surface area contributed by atoms with Crippen LogP contribution in [0.4, 0.5) is 5.69 Å². The van der Waals surface area contributed by atoms with Gasteiger partial charge in [0.15, 0.2) is 0 Å². The summed E-state index contributed by atoms with van der Waals surface area (Å²) in [5.41, 5.74) is 4.70. The average Bonchev–Trinajstić information content (AvgIpc) is 2.61. The number of nitrogens with zero attached hydrogens (tertiary/aromatic N) is 1. The lowest BCUT2D eigenvalue weighted by Gasteiger charge is -2.48. The number of benzene rings is 2. The Morgan fingerprint density at radius 1 is 1.16 bits per heavy atom. The molecule has 0 aliphatic carbocycles. The number of ether oxygens (including phenoxy) is 1. The fraction of sp³-hybridized carbons (Fsp3) is 0.286. The van der Waals surface area contributed by atoms with Gasteiger partial charge in [0, 0.05) is 32.4 Å². The third-order valence-electron chi connectivity index (χ3n) is 5.77. The molecule has 2 atom stereocenters. The first-order valence-electron chi connectivity index (χ1n) is 8.63. The highest BCUT2D eigenvalue weighted by Gasteiger charge is 2.46. The van der Waals surface area contributed by atoms with E-state index >= 15 is 0 Å². The molecule has 0 spiro atoms. The largest absolute Gasteiger partial charge is 0.477 e. The van der Waals surface area contributed by atoms with E-state index in [9.17, 15) is 0 Å². The van der Waals surface area contributed by atoms with Gasteiger partial charge in [0.2, 0.25) is 5.88 Å². The van der Waals surface area contributed by atoms with Crippen LogP contribution in [0.1, 0.15) is 31.0 Å². The van der Waals surface area contributed by atoms with Crippen molar-refractivity contribution in [2.75, 3.05) is 11.9 Å². The van der Waals surface area contributed by atoms with E-state index in [0.717, 1.165) is 26.8 Å². The van der Waals surface area contributed by atoms with Crippen molar-refractivity contribution in [3.8, 4) is 5.88 Å². The van der Waals surface area contributed by atoms with Gasteiger partial charge in [0.1, 0.15) is 0 Å². The predicted octanol–water partition coefficient (Wildman–Crippen LogP) is 5.45. The molecular formula is C21H19BrN2O. The molecule has 2 aromatic carbocycles. The molecule has 3 nitrogen and oxygen atoms in total. The van der Waals surface area contributed by atoms with Crippen LogP contribution in [-0.2, 0) is 5.41 Å². The van der Waals surface area contributed by atoms with Gasteiger partial charge in [-0.25, -0.2) is 4.98 Å². The Morgan fingerprint density at radius 3 is 2.88 bits per heavy atom. The quantitative estimate of drug-likeness (QED) is 0.550. The van der Waals surface area contributed by atoms with Crippen LogP contribution in [0.2, 0.25) is 0 Å². The molecule has 3 aromatic rings. The lowest BCUT2D eigenvalue weighted by molar-refractivity contribution is 0.131. The number of rotatable bonds is 0. The molecule has 0 radical (unpaired) electrons. The zero-order chi connectivity index (χ0) is 17.2. The first kappa shape index (κ1) is 15.2. The summed E-state index contributed by atoms with van der Waals surface area (Å²) in [6.45, 7) is 5.31. The number of para-hydroxylation sites is 1. The topological polar surface area (TPSA) is 34.2 Å². The predicted molar refractivity (Wildman–Crippen MR) is 104 cm³/mol.